The van der Waals surface area contributed by atoms with Gasteiger partial charge in [0.05, 0.1) is 25.3 Å². The molecule has 2 unspecified atom stereocenters. The maximum atomic E-state index is 11.6. The summed E-state index contributed by atoms with van der Waals surface area (Å²) in [5, 5.41) is 0. The Labute approximate surface area is 98.1 Å². The van der Waals surface area contributed by atoms with Crippen molar-refractivity contribution in [2.45, 2.75) is 52.6 Å². The molecule has 3 heteroatoms. The van der Waals surface area contributed by atoms with E-state index in [9.17, 15) is 4.79 Å². The largest absolute Gasteiger partial charge is 0.377 e. The van der Waals surface area contributed by atoms with Gasteiger partial charge in [-0.05, 0) is 24.2 Å². The molecule has 0 spiro atoms. The fraction of sp³-hybridized carbons (Fsp3) is 0.923. The van der Waals surface area contributed by atoms with Crippen LogP contribution in [0.2, 0.25) is 0 Å². The molecule has 16 heavy (non-hydrogen) atoms. The number of hydrogen-bond acceptors (Lipinski definition) is 2. The Morgan fingerprint density at radius 2 is 1.69 bits per heavy atom. The molecule has 0 N–H and O–H groups in total. The second kappa shape index (κ2) is 4.02. The number of carbonyl (C=O) groups excluding carboxylic acids is 1. The third-order valence-corrected chi connectivity index (χ3v) is 4.11. The first-order chi connectivity index (χ1) is 7.39. The van der Waals surface area contributed by atoms with E-state index in [1.807, 2.05) is 0 Å². The van der Waals surface area contributed by atoms with Crippen molar-refractivity contribution < 1.29 is 9.53 Å². The molecule has 2 aliphatic rings. The van der Waals surface area contributed by atoms with E-state index in [2.05, 4.69) is 25.7 Å². The molecule has 0 aliphatic carbocycles. The molecule has 2 aliphatic heterocycles. The van der Waals surface area contributed by atoms with Crippen LogP contribution < -0.4 is 0 Å². The maximum Gasteiger partial charge on any atom is 0.220 e. The van der Waals surface area contributed by atoms with Gasteiger partial charge in [0.25, 0.3) is 0 Å². The Hall–Kier alpha value is -0.570. The van der Waals surface area contributed by atoms with Crippen LogP contribution in [0.4, 0.5) is 0 Å². The Balaban J connectivity index is 2.15. The molecule has 2 bridgehead atoms. The van der Waals surface area contributed by atoms with E-state index in [0.717, 1.165) is 26.1 Å². The first-order valence-corrected chi connectivity index (χ1v) is 6.26. The van der Waals surface area contributed by atoms with Crippen LogP contribution in [-0.4, -0.2) is 36.1 Å². The van der Waals surface area contributed by atoms with Gasteiger partial charge in [-0.25, -0.2) is 0 Å². The number of hydrogen-bond donors (Lipinski definition) is 0. The van der Waals surface area contributed by atoms with Gasteiger partial charge in [0.1, 0.15) is 0 Å². The number of morpholine rings is 1. The highest BCUT2D eigenvalue weighted by atomic mass is 16.5. The summed E-state index contributed by atoms with van der Waals surface area (Å²) in [6.07, 6.45) is 2.19. The zero-order chi connectivity index (χ0) is 11.9. The second-order valence-corrected chi connectivity index (χ2v) is 6.31. The molecule has 2 fully saturated rings. The molecule has 2 heterocycles. The number of carbonyl (C=O) groups is 1. The van der Waals surface area contributed by atoms with Crippen LogP contribution in [0.5, 0.6) is 0 Å². The van der Waals surface area contributed by atoms with Gasteiger partial charge in [-0.15, -0.1) is 0 Å². The van der Waals surface area contributed by atoms with Crippen molar-refractivity contribution in [1.29, 1.82) is 0 Å². The standard InChI is InChI=1S/C13H23NO2/c1-9(15)14-11-5-10(13(2,3)4)6-12(14)8-16-7-11/h10-12H,5-8H2,1-4H3. The number of amides is 1. The van der Waals surface area contributed by atoms with Gasteiger partial charge in [0.2, 0.25) is 5.91 Å². The SMILES string of the molecule is CC(=O)N1C2COCC1CC(C(C)(C)C)C2. The Kier molecular flexibility index (Phi) is 2.99. The minimum absolute atomic E-state index is 0.214. The molecule has 92 valence electrons. The van der Waals surface area contributed by atoms with Crippen molar-refractivity contribution >= 4 is 5.91 Å². The zero-order valence-electron chi connectivity index (χ0n) is 10.8. The van der Waals surface area contributed by atoms with E-state index in [1.54, 1.807) is 6.92 Å². The predicted molar refractivity (Wildman–Crippen MR) is 63.1 cm³/mol. The Morgan fingerprint density at radius 3 is 2.06 bits per heavy atom. The molecule has 0 saturated carbocycles. The molecule has 0 aromatic heterocycles. The molecule has 2 saturated heterocycles. The molecule has 1 amide bonds. The van der Waals surface area contributed by atoms with Crippen molar-refractivity contribution in [3.63, 3.8) is 0 Å². The molecule has 2 rings (SSSR count). The first kappa shape index (κ1) is 11.9. The summed E-state index contributed by atoms with van der Waals surface area (Å²) in [5.41, 5.74) is 0.344. The molecule has 0 aromatic carbocycles. The van der Waals surface area contributed by atoms with Crippen LogP contribution in [0.15, 0.2) is 0 Å². The number of rotatable bonds is 0. The van der Waals surface area contributed by atoms with Gasteiger partial charge in [0, 0.05) is 6.92 Å². The minimum Gasteiger partial charge on any atom is -0.377 e. The van der Waals surface area contributed by atoms with Crippen molar-refractivity contribution in [1.82, 2.24) is 4.90 Å². The smallest absolute Gasteiger partial charge is 0.220 e. The minimum atomic E-state index is 0.214. The highest BCUT2D eigenvalue weighted by Crippen LogP contribution is 2.40. The lowest BCUT2D eigenvalue weighted by atomic mass is 9.70. The zero-order valence-corrected chi connectivity index (χ0v) is 10.8. The van der Waals surface area contributed by atoms with E-state index < -0.39 is 0 Å². The van der Waals surface area contributed by atoms with Gasteiger partial charge in [-0.3, -0.25) is 4.79 Å². The highest BCUT2D eigenvalue weighted by Gasteiger charge is 2.43. The topological polar surface area (TPSA) is 29.5 Å². The van der Waals surface area contributed by atoms with Gasteiger partial charge in [0.15, 0.2) is 0 Å². The summed E-state index contributed by atoms with van der Waals surface area (Å²) in [5.74, 6) is 0.924. The van der Waals surface area contributed by atoms with Gasteiger partial charge in [-0.2, -0.15) is 0 Å². The van der Waals surface area contributed by atoms with E-state index in [0.29, 0.717) is 23.4 Å². The Morgan fingerprint density at radius 1 is 1.19 bits per heavy atom. The average Bonchev–Trinajstić information content (AvgIpc) is 2.13. The van der Waals surface area contributed by atoms with E-state index in [4.69, 9.17) is 4.74 Å². The number of piperidine rings is 1. The maximum absolute atomic E-state index is 11.6. The van der Waals surface area contributed by atoms with Gasteiger partial charge >= 0.3 is 0 Å². The van der Waals surface area contributed by atoms with Crippen molar-refractivity contribution in [2.75, 3.05) is 13.2 Å². The van der Waals surface area contributed by atoms with Gasteiger partial charge < -0.3 is 9.64 Å². The normalized spacial score (nSPS) is 35.0. The fourth-order valence-electron chi connectivity index (χ4n) is 3.14. The van der Waals surface area contributed by atoms with E-state index in [-0.39, 0.29) is 5.91 Å². The summed E-state index contributed by atoms with van der Waals surface area (Å²) < 4.78 is 5.58. The number of ether oxygens (including phenoxy) is 1. The number of nitrogens with zero attached hydrogens (tertiary/aromatic N) is 1. The van der Waals surface area contributed by atoms with Gasteiger partial charge in [-0.1, -0.05) is 20.8 Å². The van der Waals surface area contributed by atoms with Crippen LogP contribution in [0, 0.1) is 11.3 Å². The molecule has 2 atom stereocenters. The van der Waals surface area contributed by atoms with Crippen molar-refractivity contribution in [3.05, 3.63) is 0 Å². The summed E-state index contributed by atoms with van der Waals surface area (Å²) in [4.78, 5) is 13.7. The molecule has 3 nitrogen and oxygen atoms in total. The summed E-state index contributed by atoms with van der Waals surface area (Å²) in [6.45, 7) is 10.0. The summed E-state index contributed by atoms with van der Waals surface area (Å²) >= 11 is 0. The average molecular weight is 225 g/mol. The van der Waals surface area contributed by atoms with Crippen LogP contribution in [-0.2, 0) is 9.53 Å². The predicted octanol–water partition coefficient (Wildman–Crippen LogP) is 2.06. The van der Waals surface area contributed by atoms with Crippen LogP contribution >= 0.6 is 0 Å². The molecular formula is C13H23NO2. The van der Waals surface area contributed by atoms with Crippen molar-refractivity contribution in [2.24, 2.45) is 11.3 Å². The summed E-state index contributed by atoms with van der Waals surface area (Å²) in [7, 11) is 0. The number of fused-ring (bicyclic) bond motifs is 2. The third kappa shape index (κ3) is 2.10. The molecule has 0 radical (unpaired) electrons. The Bertz CT molecular complexity index is 268. The molecule has 0 aromatic rings. The van der Waals surface area contributed by atoms with Crippen molar-refractivity contribution in [3.8, 4) is 0 Å². The molecular weight excluding hydrogens is 202 g/mol. The van der Waals surface area contributed by atoms with Crippen LogP contribution in [0.3, 0.4) is 0 Å². The summed E-state index contributed by atoms with van der Waals surface area (Å²) in [6, 6.07) is 0.628. The third-order valence-electron chi connectivity index (χ3n) is 4.11. The lowest BCUT2D eigenvalue weighted by Gasteiger charge is -2.51. The monoisotopic (exact) mass is 225 g/mol. The lowest BCUT2D eigenvalue weighted by molar-refractivity contribution is -0.153. The van der Waals surface area contributed by atoms with Crippen LogP contribution in [0.25, 0.3) is 0 Å². The van der Waals surface area contributed by atoms with E-state index in [1.165, 1.54) is 0 Å². The lowest BCUT2D eigenvalue weighted by Crippen LogP contribution is -2.59. The fourth-order valence-corrected chi connectivity index (χ4v) is 3.14. The van der Waals surface area contributed by atoms with Crippen LogP contribution in [0.1, 0.15) is 40.5 Å². The quantitative estimate of drug-likeness (QED) is 0.631. The van der Waals surface area contributed by atoms with E-state index >= 15 is 0 Å². The first-order valence-electron chi connectivity index (χ1n) is 6.26. The highest BCUT2D eigenvalue weighted by molar-refractivity contribution is 5.74. The second-order valence-electron chi connectivity index (χ2n) is 6.31.